The summed E-state index contributed by atoms with van der Waals surface area (Å²) in [4.78, 5) is 41.3. The number of thiophene rings is 2. The Morgan fingerprint density at radius 2 is 1.88 bits per heavy atom. The Morgan fingerprint density at radius 1 is 1.06 bits per heavy atom. The van der Waals surface area contributed by atoms with Gasteiger partial charge in [-0.15, -0.1) is 22.7 Å². The third kappa shape index (κ3) is 3.55. The van der Waals surface area contributed by atoms with E-state index >= 15 is 0 Å². The first kappa shape index (κ1) is 20.8. The first-order valence-electron chi connectivity index (χ1n) is 10.8. The maximum absolute atomic E-state index is 13.1. The molecule has 0 aliphatic heterocycles. The second-order valence-electron chi connectivity index (χ2n) is 8.15. The van der Waals surface area contributed by atoms with Gasteiger partial charge in [-0.05, 0) is 36.8 Å². The van der Waals surface area contributed by atoms with Crippen molar-refractivity contribution in [2.45, 2.75) is 36.6 Å². The van der Waals surface area contributed by atoms with E-state index in [4.69, 9.17) is 9.97 Å². The van der Waals surface area contributed by atoms with Crippen molar-refractivity contribution < 1.29 is 0 Å². The molecule has 0 saturated heterocycles. The highest BCUT2D eigenvalue weighted by Gasteiger charge is 2.21. The summed E-state index contributed by atoms with van der Waals surface area (Å²) < 4.78 is 1.63. The van der Waals surface area contributed by atoms with Crippen LogP contribution in [0.3, 0.4) is 0 Å². The Hall–Kier alpha value is -2.75. The van der Waals surface area contributed by atoms with Crippen molar-refractivity contribution in [1.82, 2.24) is 19.5 Å². The molecule has 4 heterocycles. The number of aromatic nitrogens is 4. The molecule has 1 aromatic carbocycles. The molecule has 1 aliphatic carbocycles. The van der Waals surface area contributed by atoms with E-state index in [2.05, 4.69) is 4.98 Å². The van der Waals surface area contributed by atoms with Crippen LogP contribution in [0.4, 0.5) is 0 Å². The number of benzene rings is 1. The van der Waals surface area contributed by atoms with Crippen molar-refractivity contribution in [3.05, 3.63) is 72.7 Å². The van der Waals surface area contributed by atoms with E-state index in [1.165, 1.54) is 40.0 Å². The number of hydrogen-bond donors (Lipinski definition) is 1. The van der Waals surface area contributed by atoms with E-state index < -0.39 is 0 Å². The zero-order valence-corrected chi connectivity index (χ0v) is 20.3. The molecule has 0 fully saturated rings. The SMILES string of the molecule is Cn1c(SCc2nc3scc(-c4ccccc4)c3c(=O)[nH]2)nc2sc3c(c2c1=O)CCCC3. The first-order chi connectivity index (χ1) is 16.1. The number of thioether (sulfide) groups is 1. The molecule has 5 aromatic rings. The highest BCUT2D eigenvalue weighted by molar-refractivity contribution is 7.98. The quantitative estimate of drug-likeness (QED) is 0.278. The summed E-state index contributed by atoms with van der Waals surface area (Å²) in [5.74, 6) is 1.01. The van der Waals surface area contributed by atoms with Crippen LogP contribution in [0.25, 0.3) is 31.6 Å². The van der Waals surface area contributed by atoms with Crippen LogP contribution in [0.1, 0.15) is 29.1 Å². The maximum Gasteiger partial charge on any atom is 0.262 e. The standard InChI is InChI=1S/C24H20N4O2S3/c1-28-23(30)19-14-9-5-6-10-16(14)33-22(19)27-24(28)32-12-17-25-20(29)18-15(11-31-21(18)26-17)13-7-3-2-4-8-13/h2-4,7-8,11H,5-6,9-10,12H2,1H3,(H,25,26,29). The number of nitrogens with zero attached hydrogens (tertiary/aromatic N) is 3. The lowest BCUT2D eigenvalue weighted by Crippen LogP contribution is -2.20. The number of fused-ring (bicyclic) bond motifs is 4. The second kappa shape index (κ2) is 8.23. The molecule has 4 aromatic heterocycles. The van der Waals surface area contributed by atoms with Crippen LogP contribution in [-0.2, 0) is 25.6 Å². The second-order valence-corrected chi connectivity index (χ2v) is 11.0. The minimum absolute atomic E-state index is 0.0181. The van der Waals surface area contributed by atoms with Gasteiger partial charge in [0.1, 0.15) is 15.5 Å². The van der Waals surface area contributed by atoms with Gasteiger partial charge in [0.15, 0.2) is 5.16 Å². The van der Waals surface area contributed by atoms with Crippen molar-refractivity contribution in [3.63, 3.8) is 0 Å². The molecule has 6 rings (SSSR count). The van der Waals surface area contributed by atoms with E-state index in [1.54, 1.807) is 23.0 Å². The van der Waals surface area contributed by atoms with Gasteiger partial charge in [0.2, 0.25) is 0 Å². The van der Waals surface area contributed by atoms with Crippen LogP contribution in [-0.4, -0.2) is 19.5 Å². The van der Waals surface area contributed by atoms with Gasteiger partial charge < -0.3 is 4.98 Å². The van der Waals surface area contributed by atoms with E-state index in [0.717, 1.165) is 45.4 Å². The predicted octanol–water partition coefficient (Wildman–Crippen LogP) is 5.13. The number of nitrogens with one attached hydrogen (secondary N) is 1. The molecule has 1 N–H and O–H groups in total. The predicted molar refractivity (Wildman–Crippen MR) is 137 cm³/mol. The number of aromatic amines is 1. The molecule has 0 bridgehead atoms. The maximum atomic E-state index is 13.1. The molecule has 0 saturated carbocycles. The number of hydrogen-bond acceptors (Lipinski definition) is 7. The number of aryl methyl sites for hydroxylation is 2. The van der Waals surface area contributed by atoms with Crippen LogP contribution in [0, 0.1) is 0 Å². The Bertz CT molecular complexity index is 1630. The summed E-state index contributed by atoms with van der Waals surface area (Å²) in [5, 5.41) is 4.04. The van der Waals surface area contributed by atoms with Gasteiger partial charge in [-0.25, -0.2) is 9.97 Å². The van der Waals surface area contributed by atoms with Gasteiger partial charge in [0.25, 0.3) is 11.1 Å². The summed E-state index contributed by atoms with van der Waals surface area (Å²) in [5.41, 5.74) is 2.99. The van der Waals surface area contributed by atoms with Crippen molar-refractivity contribution in [2.24, 2.45) is 7.05 Å². The van der Waals surface area contributed by atoms with Gasteiger partial charge >= 0.3 is 0 Å². The highest BCUT2D eigenvalue weighted by Crippen LogP contribution is 2.35. The zero-order valence-electron chi connectivity index (χ0n) is 17.9. The lowest BCUT2D eigenvalue weighted by molar-refractivity contribution is 0.695. The molecule has 166 valence electrons. The van der Waals surface area contributed by atoms with Crippen LogP contribution < -0.4 is 11.1 Å². The molecular weight excluding hydrogens is 472 g/mol. The molecule has 0 amide bonds. The van der Waals surface area contributed by atoms with Crippen LogP contribution >= 0.6 is 34.4 Å². The minimum Gasteiger partial charge on any atom is -0.309 e. The van der Waals surface area contributed by atoms with E-state index in [0.29, 0.717) is 22.1 Å². The Kier molecular flexibility index (Phi) is 5.20. The van der Waals surface area contributed by atoms with E-state index in [9.17, 15) is 9.59 Å². The van der Waals surface area contributed by atoms with Crippen molar-refractivity contribution in [2.75, 3.05) is 0 Å². The minimum atomic E-state index is -0.140. The average Bonchev–Trinajstić information content (AvgIpc) is 3.43. The van der Waals surface area contributed by atoms with Gasteiger partial charge in [-0.3, -0.25) is 14.2 Å². The molecule has 33 heavy (non-hydrogen) atoms. The van der Waals surface area contributed by atoms with Crippen molar-refractivity contribution in [1.29, 1.82) is 0 Å². The van der Waals surface area contributed by atoms with Crippen LogP contribution in [0.5, 0.6) is 0 Å². The fraction of sp³-hybridized carbons (Fsp3) is 0.250. The van der Waals surface area contributed by atoms with Gasteiger partial charge in [-0.2, -0.15) is 0 Å². The van der Waals surface area contributed by atoms with E-state index in [-0.39, 0.29) is 11.1 Å². The lowest BCUT2D eigenvalue weighted by atomic mass is 9.97. The molecule has 1 aliphatic rings. The fourth-order valence-corrected chi connectivity index (χ4v) is 7.53. The Labute approximate surface area is 201 Å². The number of H-pyrrole nitrogens is 1. The van der Waals surface area contributed by atoms with Gasteiger partial charge in [0.05, 0.1) is 16.5 Å². The number of rotatable bonds is 4. The van der Waals surface area contributed by atoms with Crippen LogP contribution in [0.2, 0.25) is 0 Å². The third-order valence-electron chi connectivity index (χ3n) is 6.07. The molecule has 9 heteroatoms. The smallest absolute Gasteiger partial charge is 0.262 e. The molecule has 0 spiro atoms. The summed E-state index contributed by atoms with van der Waals surface area (Å²) in [7, 11) is 1.77. The fourth-order valence-electron chi connectivity index (χ4n) is 4.42. The van der Waals surface area contributed by atoms with Crippen molar-refractivity contribution in [3.8, 4) is 11.1 Å². The molecule has 6 nitrogen and oxygen atoms in total. The van der Waals surface area contributed by atoms with Gasteiger partial charge in [-0.1, -0.05) is 42.1 Å². The van der Waals surface area contributed by atoms with Crippen LogP contribution in [0.15, 0.2) is 50.5 Å². The normalized spacial score (nSPS) is 13.6. The average molecular weight is 493 g/mol. The zero-order chi connectivity index (χ0) is 22.5. The largest absolute Gasteiger partial charge is 0.309 e. The molecule has 0 atom stereocenters. The molecule has 0 unspecified atom stereocenters. The molecular formula is C24H20N4O2S3. The monoisotopic (exact) mass is 492 g/mol. The van der Waals surface area contributed by atoms with Gasteiger partial charge in [0, 0.05) is 22.9 Å². The lowest BCUT2D eigenvalue weighted by Gasteiger charge is -2.10. The first-order valence-corrected chi connectivity index (χ1v) is 13.5. The summed E-state index contributed by atoms with van der Waals surface area (Å²) in [6.07, 6.45) is 4.32. The summed E-state index contributed by atoms with van der Waals surface area (Å²) >= 11 is 4.55. The Morgan fingerprint density at radius 3 is 2.73 bits per heavy atom. The summed E-state index contributed by atoms with van der Waals surface area (Å²) in [6, 6.07) is 9.87. The topological polar surface area (TPSA) is 80.6 Å². The van der Waals surface area contributed by atoms with Crippen molar-refractivity contribution >= 4 is 54.9 Å². The summed E-state index contributed by atoms with van der Waals surface area (Å²) in [6.45, 7) is 0. The highest BCUT2D eigenvalue weighted by atomic mass is 32.2. The third-order valence-corrected chi connectivity index (χ3v) is 9.17. The van der Waals surface area contributed by atoms with E-state index in [1.807, 2.05) is 35.7 Å². The Balaban J connectivity index is 1.33. The molecule has 0 radical (unpaired) electrons.